The Hall–Kier alpha value is -1.48. The molecule has 2 rings (SSSR count). The zero-order chi connectivity index (χ0) is 12.1. The number of rotatable bonds is 5. The molecule has 90 valence electrons. The average molecular weight is 248 g/mol. The largest absolute Gasteiger partial charge is 0.493 e. The van der Waals surface area contributed by atoms with Crippen LogP contribution < -0.4 is 9.47 Å². The number of thiophene rings is 1. The van der Waals surface area contributed by atoms with Gasteiger partial charge in [0.1, 0.15) is 0 Å². The first-order chi connectivity index (χ1) is 8.33. The Kier molecular flexibility index (Phi) is 4.04. The van der Waals surface area contributed by atoms with Gasteiger partial charge in [0.25, 0.3) is 0 Å². The van der Waals surface area contributed by atoms with Gasteiger partial charge in [0.05, 0.1) is 14.2 Å². The van der Waals surface area contributed by atoms with Gasteiger partial charge >= 0.3 is 0 Å². The fraction of sp³-hybridized carbons (Fsp3) is 0.286. The van der Waals surface area contributed by atoms with Gasteiger partial charge < -0.3 is 9.47 Å². The molecule has 0 atom stereocenters. The van der Waals surface area contributed by atoms with Crippen LogP contribution >= 0.6 is 11.3 Å². The van der Waals surface area contributed by atoms with Crippen molar-refractivity contribution in [3.05, 3.63) is 46.2 Å². The minimum absolute atomic E-state index is 0.785. The highest BCUT2D eigenvalue weighted by atomic mass is 32.1. The van der Waals surface area contributed by atoms with Gasteiger partial charge in [-0.15, -0.1) is 11.3 Å². The predicted octanol–water partition coefficient (Wildman–Crippen LogP) is 3.55. The summed E-state index contributed by atoms with van der Waals surface area (Å²) in [5, 5.41) is 2.12. The summed E-state index contributed by atoms with van der Waals surface area (Å²) in [4.78, 5) is 1.42. The number of benzene rings is 1. The Morgan fingerprint density at radius 2 is 1.82 bits per heavy atom. The third kappa shape index (κ3) is 3.01. The number of hydrogen-bond donors (Lipinski definition) is 0. The van der Waals surface area contributed by atoms with E-state index in [0.717, 1.165) is 24.3 Å². The van der Waals surface area contributed by atoms with Crippen LogP contribution in [0.1, 0.15) is 10.4 Å². The molecule has 0 aliphatic rings. The predicted molar refractivity (Wildman–Crippen MR) is 71.3 cm³/mol. The van der Waals surface area contributed by atoms with Crippen LogP contribution in [0.5, 0.6) is 11.5 Å². The second-order valence-corrected chi connectivity index (χ2v) is 4.80. The van der Waals surface area contributed by atoms with E-state index >= 15 is 0 Å². The highest BCUT2D eigenvalue weighted by Crippen LogP contribution is 2.28. The average Bonchev–Trinajstić information content (AvgIpc) is 2.89. The summed E-state index contributed by atoms with van der Waals surface area (Å²) in [6, 6.07) is 10.4. The van der Waals surface area contributed by atoms with Crippen molar-refractivity contribution in [1.29, 1.82) is 0 Å². The SMILES string of the molecule is COc1ccc(CCc2cccs2)cc1OC. The molecule has 0 spiro atoms. The Balaban J connectivity index is 2.06. The van der Waals surface area contributed by atoms with Crippen molar-refractivity contribution in [2.24, 2.45) is 0 Å². The quantitative estimate of drug-likeness (QED) is 0.805. The summed E-state index contributed by atoms with van der Waals surface area (Å²) in [6.45, 7) is 0. The molecule has 0 aliphatic heterocycles. The van der Waals surface area contributed by atoms with Crippen molar-refractivity contribution in [2.45, 2.75) is 12.8 Å². The lowest BCUT2D eigenvalue weighted by molar-refractivity contribution is 0.354. The third-order valence-corrected chi connectivity index (χ3v) is 3.62. The first kappa shape index (κ1) is 12.0. The lowest BCUT2D eigenvalue weighted by atomic mass is 10.1. The Labute approximate surface area is 106 Å². The van der Waals surface area contributed by atoms with Gasteiger partial charge in [0.2, 0.25) is 0 Å². The fourth-order valence-electron chi connectivity index (χ4n) is 1.76. The molecule has 0 unspecified atom stereocenters. The molecular weight excluding hydrogens is 232 g/mol. The molecule has 17 heavy (non-hydrogen) atoms. The first-order valence-electron chi connectivity index (χ1n) is 5.57. The van der Waals surface area contributed by atoms with E-state index < -0.39 is 0 Å². The van der Waals surface area contributed by atoms with Gasteiger partial charge in [-0.2, -0.15) is 0 Å². The van der Waals surface area contributed by atoms with Crippen LogP contribution in [0.15, 0.2) is 35.7 Å². The van der Waals surface area contributed by atoms with Crippen LogP contribution in [-0.2, 0) is 12.8 Å². The highest BCUT2D eigenvalue weighted by molar-refractivity contribution is 7.09. The molecule has 1 heterocycles. The van der Waals surface area contributed by atoms with E-state index in [1.807, 2.05) is 12.1 Å². The molecule has 0 bridgehead atoms. The summed E-state index contributed by atoms with van der Waals surface area (Å²) in [7, 11) is 3.32. The summed E-state index contributed by atoms with van der Waals surface area (Å²) >= 11 is 1.80. The molecule has 0 amide bonds. The zero-order valence-electron chi connectivity index (χ0n) is 10.1. The highest BCUT2D eigenvalue weighted by Gasteiger charge is 2.04. The first-order valence-corrected chi connectivity index (χ1v) is 6.44. The molecule has 0 radical (unpaired) electrons. The van der Waals surface area contributed by atoms with E-state index in [2.05, 4.69) is 23.6 Å². The second-order valence-electron chi connectivity index (χ2n) is 3.77. The Morgan fingerprint density at radius 1 is 1.00 bits per heavy atom. The molecule has 3 heteroatoms. The van der Waals surface area contributed by atoms with Crippen LogP contribution in [0, 0.1) is 0 Å². The number of hydrogen-bond acceptors (Lipinski definition) is 3. The van der Waals surface area contributed by atoms with E-state index in [1.54, 1.807) is 25.6 Å². The van der Waals surface area contributed by atoms with E-state index in [9.17, 15) is 0 Å². The van der Waals surface area contributed by atoms with Crippen molar-refractivity contribution in [3.8, 4) is 11.5 Å². The van der Waals surface area contributed by atoms with Crippen LogP contribution in [0.25, 0.3) is 0 Å². The van der Waals surface area contributed by atoms with Gasteiger partial charge in [-0.25, -0.2) is 0 Å². The summed E-state index contributed by atoms with van der Waals surface area (Å²) in [5.41, 5.74) is 1.27. The monoisotopic (exact) mass is 248 g/mol. The van der Waals surface area contributed by atoms with Crippen molar-refractivity contribution in [1.82, 2.24) is 0 Å². The van der Waals surface area contributed by atoms with Gasteiger partial charge in [-0.05, 0) is 42.0 Å². The van der Waals surface area contributed by atoms with Crippen LogP contribution in [0.2, 0.25) is 0 Å². The smallest absolute Gasteiger partial charge is 0.160 e. The van der Waals surface area contributed by atoms with Crippen LogP contribution in [0.4, 0.5) is 0 Å². The molecule has 1 aromatic heterocycles. The van der Waals surface area contributed by atoms with Crippen molar-refractivity contribution >= 4 is 11.3 Å². The summed E-state index contributed by atoms with van der Waals surface area (Å²) in [5.74, 6) is 1.59. The van der Waals surface area contributed by atoms with E-state index in [4.69, 9.17) is 9.47 Å². The molecular formula is C14H16O2S. The van der Waals surface area contributed by atoms with E-state index in [0.29, 0.717) is 0 Å². The van der Waals surface area contributed by atoms with Crippen LogP contribution in [-0.4, -0.2) is 14.2 Å². The zero-order valence-corrected chi connectivity index (χ0v) is 10.9. The Bertz CT molecular complexity index is 463. The summed E-state index contributed by atoms with van der Waals surface area (Å²) in [6.07, 6.45) is 2.11. The molecule has 2 nitrogen and oxygen atoms in total. The van der Waals surface area contributed by atoms with E-state index in [1.165, 1.54) is 10.4 Å². The molecule has 0 saturated carbocycles. The molecule has 2 aromatic rings. The molecule has 0 aliphatic carbocycles. The van der Waals surface area contributed by atoms with Crippen LogP contribution in [0.3, 0.4) is 0 Å². The van der Waals surface area contributed by atoms with E-state index in [-0.39, 0.29) is 0 Å². The summed E-state index contributed by atoms with van der Waals surface area (Å²) < 4.78 is 10.5. The maximum Gasteiger partial charge on any atom is 0.160 e. The van der Waals surface area contributed by atoms with Gasteiger partial charge in [0, 0.05) is 4.88 Å². The second kappa shape index (κ2) is 5.73. The molecule has 0 saturated heterocycles. The van der Waals surface area contributed by atoms with Gasteiger partial charge in [0.15, 0.2) is 11.5 Å². The van der Waals surface area contributed by atoms with Crippen molar-refractivity contribution in [3.63, 3.8) is 0 Å². The normalized spacial score (nSPS) is 10.2. The number of ether oxygens (including phenoxy) is 2. The maximum atomic E-state index is 5.29. The van der Waals surface area contributed by atoms with Crippen molar-refractivity contribution in [2.75, 3.05) is 14.2 Å². The topological polar surface area (TPSA) is 18.5 Å². The molecule has 0 N–H and O–H groups in total. The van der Waals surface area contributed by atoms with Crippen molar-refractivity contribution < 1.29 is 9.47 Å². The standard InChI is InChI=1S/C14H16O2S/c1-15-13-8-6-11(10-14(13)16-2)5-7-12-4-3-9-17-12/h3-4,6,8-10H,5,7H2,1-2H3. The minimum Gasteiger partial charge on any atom is -0.493 e. The fourth-order valence-corrected chi connectivity index (χ4v) is 2.47. The molecule has 0 fully saturated rings. The Morgan fingerprint density at radius 3 is 2.47 bits per heavy atom. The maximum absolute atomic E-state index is 5.29. The lowest BCUT2D eigenvalue weighted by Gasteiger charge is -2.09. The third-order valence-electron chi connectivity index (χ3n) is 2.69. The van der Waals surface area contributed by atoms with Gasteiger partial charge in [-0.1, -0.05) is 12.1 Å². The molecule has 1 aromatic carbocycles. The van der Waals surface area contributed by atoms with Gasteiger partial charge in [-0.3, -0.25) is 0 Å². The lowest BCUT2D eigenvalue weighted by Crippen LogP contribution is -1.94. The number of aryl methyl sites for hydroxylation is 2. The number of methoxy groups -OCH3 is 2. The minimum atomic E-state index is 0.785.